The van der Waals surface area contributed by atoms with Crippen LogP contribution < -0.4 is 0 Å². The van der Waals surface area contributed by atoms with Gasteiger partial charge in [-0.05, 0) is 13.8 Å². The van der Waals surface area contributed by atoms with Crippen LogP contribution in [0.3, 0.4) is 0 Å². The molecular weight excluding hydrogens is 212 g/mol. The van der Waals surface area contributed by atoms with Crippen LogP contribution in [0.4, 0.5) is 0 Å². The van der Waals surface area contributed by atoms with Crippen LogP contribution in [0, 0.1) is 0 Å². The van der Waals surface area contributed by atoms with Gasteiger partial charge in [-0.3, -0.25) is 4.79 Å². The zero-order valence-electron chi connectivity index (χ0n) is 9.75. The van der Waals surface area contributed by atoms with Crippen LogP contribution in [0.2, 0.25) is 0 Å². The van der Waals surface area contributed by atoms with Gasteiger partial charge in [0.05, 0.1) is 6.10 Å². The highest BCUT2D eigenvalue weighted by Crippen LogP contribution is 2.16. The number of rotatable bonds is 4. The van der Waals surface area contributed by atoms with Crippen LogP contribution in [0.15, 0.2) is 12.2 Å². The van der Waals surface area contributed by atoms with Crippen LogP contribution in [-0.2, 0) is 19.0 Å². The van der Waals surface area contributed by atoms with Crippen molar-refractivity contribution in [3.63, 3.8) is 0 Å². The van der Waals surface area contributed by atoms with E-state index >= 15 is 0 Å². The number of aliphatic hydroxyl groups is 1. The average Bonchev–Trinajstić information content (AvgIpc) is 2.18. The third kappa shape index (κ3) is 4.30. The lowest BCUT2D eigenvalue weighted by Crippen LogP contribution is -2.40. The van der Waals surface area contributed by atoms with Gasteiger partial charge in [-0.25, -0.2) is 0 Å². The fourth-order valence-corrected chi connectivity index (χ4v) is 1.30. The molecule has 0 bridgehead atoms. The Bertz CT molecular complexity index is 261. The normalized spacial score (nSPS) is 29.4. The Labute approximate surface area is 95.0 Å². The molecule has 5 nitrogen and oxygen atoms in total. The molecule has 0 spiro atoms. The molecule has 3 atom stereocenters. The SMILES string of the molecule is CC(=O)OC[C@@H]1C=C[C@@H](O)[C@@H](OC(C)C)O1. The van der Waals surface area contributed by atoms with Gasteiger partial charge in [0.15, 0.2) is 6.29 Å². The summed E-state index contributed by atoms with van der Waals surface area (Å²) in [5, 5.41) is 9.57. The molecule has 1 aliphatic rings. The molecule has 0 aromatic heterocycles. The number of hydrogen-bond acceptors (Lipinski definition) is 5. The first-order valence-electron chi connectivity index (χ1n) is 5.29. The summed E-state index contributed by atoms with van der Waals surface area (Å²) in [6, 6.07) is 0. The van der Waals surface area contributed by atoms with Crippen LogP contribution in [0.5, 0.6) is 0 Å². The van der Waals surface area contributed by atoms with Crippen LogP contribution in [-0.4, -0.2) is 42.3 Å². The van der Waals surface area contributed by atoms with E-state index in [0.29, 0.717) is 0 Å². The van der Waals surface area contributed by atoms with E-state index in [1.54, 1.807) is 12.2 Å². The average molecular weight is 230 g/mol. The smallest absolute Gasteiger partial charge is 0.302 e. The molecule has 0 aliphatic carbocycles. The molecule has 1 N–H and O–H groups in total. The van der Waals surface area contributed by atoms with Gasteiger partial charge in [0.1, 0.15) is 18.8 Å². The van der Waals surface area contributed by atoms with Crippen LogP contribution in [0.25, 0.3) is 0 Å². The summed E-state index contributed by atoms with van der Waals surface area (Å²) in [6.45, 7) is 5.19. The number of carbonyl (C=O) groups is 1. The third-order valence-electron chi connectivity index (χ3n) is 1.97. The van der Waals surface area contributed by atoms with Gasteiger partial charge in [0.25, 0.3) is 0 Å². The molecule has 0 radical (unpaired) electrons. The molecule has 0 saturated heterocycles. The quantitative estimate of drug-likeness (QED) is 0.566. The molecular formula is C11H18O5. The van der Waals surface area contributed by atoms with Crippen molar-refractivity contribution in [1.82, 2.24) is 0 Å². The Balaban J connectivity index is 2.45. The van der Waals surface area contributed by atoms with Crippen molar-refractivity contribution >= 4 is 5.97 Å². The van der Waals surface area contributed by atoms with Crippen LogP contribution >= 0.6 is 0 Å². The monoisotopic (exact) mass is 230 g/mol. The summed E-state index contributed by atoms with van der Waals surface area (Å²) in [6.07, 6.45) is 1.36. The van der Waals surface area contributed by atoms with Gasteiger partial charge in [-0.15, -0.1) is 0 Å². The fraction of sp³-hybridized carbons (Fsp3) is 0.727. The molecule has 0 aromatic carbocycles. The Morgan fingerprint density at radius 2 is 2.19 bits per heavy atom. The van der Waals surface area contributed by atoms with E-state index in [1.807, 2.05) is 13.8 Å². The molecule has 1 rings (SSSR count). The highest BCUT2D eigenvalue weighted by Gasteiger charge is 2.27. The number of carbonyl (C=O) groups excluding carboxylic acids is 1. The lowest BCUT2D eigenvalue weighted by atomic mass is 10.2. The summed E-state index contributed by atoms with van der Waals surface area (Å²) in [4.78, 5) is 10.6. The number of esters is 1. The molecule has 92 valence electrons. The first-order chi connectivity index (χ1) is 7.49. The zero-order valence-corrected chi connectivity index (χ0v) is 9.75. The zero-order chi connectivity index (χ0) is 12.1. The highest BCUT2D eigenvalue weighted by atomic mass is 16.7. The second-order valence-corrected chi connectivity index (χ2v) is 3.91. The molecule has 0 amide bonds. The van der Waals surface area contributed by atoms with Crippen molar-refractivity contribution in [3.05, 3.63) is 12.2 Å². The van der Waals surface area contributed by atoms with Gasteiger partial charge in [-0.2, -0.15) is 0 Å². The minimum absolute atomic E-state index is 0.0412. The second-order valence-electron chi connectivity index (χ2n) is 3.91. The van der Waals surface area contributed by atoms with Crippen molar-refractivity contribution < 1.29 is 24.1 Å². The number of hydrogen-bond donors (Lipinski definition) is 1. The van der Waals surface area contributed by atoms with E-state index in [4.69, 9.17) is 14.2 Å². The number of aliphatic hydroxyl groups excluding tert-OH is 1. The van der Waals surface area contributed by atoms with E-state index < -0.39 is 12.4 Å². The maximum absolute atomic E-state index is 10.6. The van der Waals surface area contributed by atoms with Crippen molar-refractivity contribution in [1.29, 1.82) is 0 Å². The Morgan fingerprint density at radius 3 is 2.75 bits per heavy atom. The van der Waals surface area contributed by atoms with Gasteiger partial charge in [0.2, 0.25) is 0 Å². The van der Waals surface area contributed by atoms with Gasteiger partial charge < -0.3 is 19.3 Å². The summed E-state index contributed by atoms with van der Waals surface area (Å²) < 4.78 is 15.6. The molecule has 0 saturated carbocycles. The Morgan fingerprint density at radius 1 is 1.50 bits per heavy atom. The Hall–Kier alpha value is -0.910. The molecule has 0 fully saturated rings. The first kappa shape index (κ1) is 13.2. The topological polar surface area (TPSA) is 65.0 Å². The van der Waals surface area contributed by atoms with Crippen molar-refractivity contribution in [2.45, 2.75) is 45.4 Å². The first-order valence-corrected chi connectivity index (χ1v) is 5.29. The fourth-order valence-electron chi connectivity index (χ4n) is 1.30. The van der Waals surface area contributed by atoms with Crippen molar-refractivity contribution in [2.24, 2.45) is 0 Å². The molecule has 0 aromatic rings. The molecule has 5 heteroatoms. The van der Waals surface area contributed by atoms with Gasteiger partial charge in [0, 0.05) is 6.92 Å². The number of ether oxygens (including phenoxy) is 3. The minimum Gasteiger partial charge on any atom is -0.463 e. The minimum atomic E-state index is -0.782. The van der Waals surface area contributed by atoms with E-state index in [0.717, 1.165) is 0 Å². The standard InChI is InChI=1S/C11H18O5/c1-7(2)15-11-10(13)5-4-9(16-11)6-14-8(3)12/h4-5,7,9-11,13H,6H2,1-3H3/t9-,10+,11-/m0/s1. The second kappa shape index (κ2) is 5.98. The molecule has 1 aliphatic heterocycles. The predicted octanol–water partition coefficient (Wildman–Crippen LogP) is 0.616. The van der Waals surface area contributed by atoms with Gasteiger partial charge in [-0.1, -0.05) is 12.2 Å². The summed E-state index contributed by atoms with van der Waals surface area (Å²) >= 11 is 0. The lowest BCUT2D eigenvalue weighted by Gasteiger charge is -2.30. The molecule has 1 heterocycles. The highest BCUT2D eigenvalue weighted by molar-refractivity contribution is 5.65. The maximum Gasteiger partial charge on any atom is 0.302 e. The summed E-state index contributed by atoms with van der Waals surface area (Å²) in [5.41, 5.74) is 0. The maximum atomic E-state index is 10.6. The van der Waals surface area contributed by atoms with E-state index in [9.17, 15) is 9.90 Å². The van der Waals surface area contributed by atoms with E-state index in [2.05, 4.69) is 0 Å². The predicted molar refractivity (Wildman–Crippen MR) is 56.7 cm³/mol. The summed E-state index contributed by atoms with van der Waals surface area (Å²) in [5.74, 6) is -0.357. The lowest BCUT2D eigenvalue weighted by molar-refractivity contribution is -0.225. The van der Waals surface area contributed by atoms with Gasteiger partial charge >= 0.3 is 5.97 Å². The van der Waals surface area contributed by atoms with E-state index in [1.165, 1.54) is 6.92 Å². The molecule has 16 heavy (non-hydrogen) atoms. The van der Waals surface area contributed by atoms with E-state index in [-0.39, 0.29) is 24.8 Å². The van der Waals surface area contributed by atoms with Crippen molar-refractivity contribution in [2.75, 3.05) is 6.61 Å². The van der Waals surface area contributed by atoms with Crippen LogP contribution in [0.1, 0.15) is 20.8 Å². The Kier molecular flexibility index (Phi) is 4.92. The third-order valence-corrected chi connectivity index (χ3v) is 1.97. The largest absolute Gasteiger partial charge is 0.463 e. The summed E-state index contributed by atoms with van der Waals surface area (Å²) in [7, 11) is 0. The van der Waals surface area contributed by atoms with Crippen molar-refractivity contribution in [3.8, 4) is 0 Å². The molecule has 0 unspecified atom stereocenters.